The van der Waals surface area contributed by atoms with Crippen LogP contribution < -0.4 is 15.5 Å². The van der Waals surface area contributed by atoms with E-state index in [1.165, 1.54) is 12.1 Å². The average molecular weight is 390 g/mol. The second-order valence-electron chi connectivity index (χ2n) is 6.63. The fraction of sp³-hybridized carbons (Fsp3) is 0.300. The van der Waals surface area contributed by atoms with Crippen LogP contribution >= 0.6 is 11.6 Å². The van der Waals surface area contributed by atoms with Gasteiger partial charge in [0.05, 0.1) is 10.7 Å². The van der Waals surface area contributed by atoms with Gasteiger partial charge in [0.1, 0.15) is 11.9 Å². The number of nitrogens with one attached hydrogen (secondary N) is 2. The van der Waals surface area contributed by atoms with Crippen LogP contribution in [-0.2, 0) is 9.59 Å². The van der Waals surface area contributed by atoms with Crippen LogP contribution in [0.1, 0.15) is 25.3 Å². The lowest BCUT2D eigenvalue weighted by Gasteiger charge is -2.21. The lowest BCUT2D eigenvalue weighted by atomic mass is 10.1. The molecule has 2 N–H and O–H groups in total. The van der Waals surface area contributed by atoms with Crippen molar-refractivity contribution < 1.29 is 14.0 Å². The van der Waals surface area contributed by atoms with E-state index in [0.717, 1.165) is 36.0 Å². The molecule has 0 aliphatic carbocycles. The van der Waals surface area contributed by atoms with E-state index in [9.17, 15) is 14.0 Å². The predicted octanol–water partition coefficient (Wildman–Crippen LogP) is 4.35. The Labute approximate surface area is 162 Å². The number of aryl methyl sites for hydroxylation is 1. The minimum absolute atomic E-state index is 0.141. The van der Waals surface area contributed by atoms with E-state index in [0.29, 0.717) is 12.1 Å². The van der Waals surface area contributed by atoms with Crippen LogP contribution in [0.5, 0.6) is 0 Å². The number of halogens is 2. The maximum atomic E-state index is 13.1. The Morgan fingerprint density at radius 2 is 2.04 bits per heavy atom. The highest BCUT2D eigenvalue weighted by atomic mass is 35.5. The molecule has 3 rings (SSSR count). The van der Waals surface area contributed by atoms with Crippen LogP contribution in [-0.4, -0.2) is 24.4 Å². The third-order valence-electron chi connectivity index (χ3n) is 4.53. The fourth-order valence-electron chi connectivity index (χ4n) is 3.10. The molecule has 1 fully saturated rings. The normalized spacial score (nSPS) is 15.0. The topological polar surface area (TPSA) is 61.4 Å². The van der Waals surface area contributed by atoms with Crippen molar-refractivity contribution in [3.05, 3.63) is 52.8 Å². The van der Waals surface area contributed by atoms with Gasteiger partial charge in [-0.3, -0.25) is 9.59 Å². The zero-order chi connectivity index (χ0) is 19.6. The van der Waals surface area contributed by atoms with E-state index in [1.807, 2.05) is 25.1 Å². The standard InChI is InChI=1S/C20H21ClFN3O2/c1-12-10-15(6-8-18(12)25-9-3-4-19(25)26)23-13(2)20(27)24-17-7-5-14(22)11-16(17)21/h5-8,10-11,13,23H,3-4,9H2,1-2H3,(H,24,27). The molecule has 142 valence electrons. The molecule has 0 bridgehead atoms. The van der Waals surface area contributed by atoms with Crippen molar-refractivity contribution in [2.75, 3.05) is 22.1 Å². The third-order valence-corrected chi connectivity index (χ3v) is 4.84. The highest BCUT2D eigenvalue weighted by molar-refractivity contribution is 6.33. The monoisotopic (exact) mass is 389 g/mol. The Balaban J connectivity index is 1.66. The fourth-order valence-corrected chi connectivity index (χ4v) is 3.31. The molecule has 1 atom stereocenters. The molecule has 2 aromatic rings. The van der Waals surface area contributed by atoms with Crippen LogP contribution in [0.15, 0.2) is 36.4 Å². The van der Waals surface area contributed by atoms with Gasteiger partial charge in [0, 0.05) is 24.3 Å². The zero-order valence-corrected chi connectivity index (χ0v) is 15.9. The van der Waals surface area contributed by atoms with E-state index < -0.39 is 11.9 Å². The number of rotatable bonds is 5. The number of hydrogen-bond acceptors (Lipinski definition) is 3. The average Bonchev–Trinajstić information content (AvgIpc) is 3.03. The molecule has 2 aromatic carbocycles. The van der Waals surface area contributed by atoms with Crippen molar-refractivity contribution in [1.29, 1.82) is 0 Å². The molecule has 27 heavy (non-hydrogen) atoms. The van der Waals surface area contributed by atoms with Crippen LogP contribution in [0.2, 0.25) is 5.02 Å². The summed E-state index contributed by atoms with van der Waals surface area (Å²) in [6.45, 7) is 4.40. The number of amides is 2. The maximum absolute atomic E-state index is 13.1. The van der Waals surface area contributed by atoms with E-state index in [1.54, 1.807) is 11.8 Å². The Hall–Kier alpha value is -2.60. The minimum atomic E-state index is -0.537. The summed E-state index contributed by atoms with van der Waals surface area (Å²) in [7, 11) is 0. The summed E-state index contributed by atoms with van der Waals surface area (Å²) in [5.74, 6) is -0.612. The van der Waals surface area contributed by atoms with Gasteiger partial charge in [0.2, 0.25) is 11.8 Å². The minimum Gasteiger partial charge on any atom is -0.374 e. The second kappa shape index (κ2) is 7.96. The van der Waals surface area contributed by atoms with Crippen molar-refractivity contribution in [2.45, 2.75) is 32.7 Å². The Morgan fingerprint density at radius 3 is 2.67 bits per heavy atom. The van der Waals surface area contributed by atoms with Gasteiger partial charge in [-0.05, 0) is 62.2 Å². The SMILES string of the molecule is Cc1cc(NC(C)C(=O)Nc2ccc(F)cc2Cl)ccc1N1CCCC1=O. The van der Waals surface area contributed by atoms with E-state index >= 15 is 0 Å². The predicted molar refractivity (Wildman–Crippen MR) is 106 cm³/mol. The lowest BCUT2D eigenvalue weighted by Crippen LogP contribution is -2.32. The first kappa shape index (κ1) is 19.2. The van der Waals surface area contributed by atoms with Gasteiger partial charge < -0.3 is 15.5 Å². The van der Waals surface area contributed by atoms with E-state index in [4.69, 9.17) is 11.6 Å². The molecule has 1 saturated heterocycles. The first-order valence-electron chi connectivity index (χ1n) is 8.78. The van der Waals surface area contributed by atoms with E-state index in [2.05, 4.69) is 10.6 Å². The quantitative estimate of drug-likeness (QED) is 0.799. The molecular weight excluding hydrogens is 369 g/mol. The Kier molecular flexibility index (Phi) is 5.65. The summed E-state index contributed by atoms with van der Waals surface area (Å²) in [6, 6.07) is 8.93. The van der Waals surface area contributed by atoms with Crippen molar-refractivity contribution in [2.24, 2.45) is 0 Å². The van der Waals surface area contributed by atoms with Gasteiger partial charge in [-0.15, -0.1) is 0 Å². The summed E-state index contributed by atoms with van der Waals surface area (Å²) in [4.78, 5) is 26.1. The lowest BCUT2D eigenvalue weighted by molar-refractivity contribution is -0.117. The number of anilines is 3. The van der Waals surface area contributed by atoms with Gasteiger partial charge in [0.25, 0.3) is 0 Å². The van der Waals surface area contributed by atoms with Crippen molar-refractivity contribution in [3.63, 3.8) is 0 Å². The third kappa shape index (κ3) is 4.39. The molecule has 1 aliphatic heterocycles. The molecule has 1 heterocycles. The molecule has 0 aromatic heterocycles. The van der Waals surface area contributed by atoms with Crippen LogP contribution in [0, 0.1) is 12.7 Å². The van der Waals surface area contributed by atoms with Gasteiger partial charge in [0.15, 0.2) is 0 Å². The highest BCUT2D eigenvalue weighted by Crippen LogP contribution is 2.28. The largest absolute Gasteiger partial charge is 0.374 e. The molecule has 2 amide bonds. The van der Waals surface area contributed by atoms with Crippen molar-refractivity contribution in [3.8, 4) is 0 Å². The number of carbonyl (C=O) groups is 2. The number of carbonyl (C=O) groups excluding carboxylic acids is 2. The number of nitrogens with zero attached hydrogens (tertiary/aromatic N) is 1. The highest BCUT2D eigenvalue weighted by Gasteiger charge is 2.23. The van der Waals surface area contributed by atoms with E-state index in [-0.39, 0.29) is 16.8 Å². The number of benzene rings is 2. The first-order chi connectivity index (χ1) is 12.8. The molecule has 0 saturated carbocycles. The molecule has 1 unspecified atom stereocenters. The molecule has 5 nitrogen and oxygen atoms in total. The number of hydrogen-bond donors (Lipinski definition) is 2. The van der Waals surface area contributed by atoms with Crippen LogP contribution in [0.3, 0.4) is 0 Å². The molecule has 1 aliphatic rings. The smallest absolute Gasteiger partial charge is 0.246 e. The Morgan fingerprint density at radius 1 is 1.26 bits per heavy atom. The van der Waals surface area contributed by atoms with Crippen molar-refractivity contribution >= 4 is 40.5 Å². The molecule has 7 heteroatoms. The van der Waals surface area contributed by atoms with Gasteiger partial charge >= 0.3 is 0 Å². The summed E-state index contributed by atoms with van der Waals surface area (Å²) in [5, 5.41) is 5.96. The summed E-state index contributed by atoms with van der Waals surface area (Å²) in [5.41, 5.74) is 2.99. The summed E-state index contributed by atoms with van der Waals surface area (Å²) in [6.07, 6.45) is 1.46. The summed E-state index contributed by atoms with van der Waals surface area (Å²) < 4.78 is 13.1. The second-order valence-corrected chi connectivity index (χ2v) is 7.04. The first-order valence-corrected chi connectivity index (χ1v) is 9.16. The van der Waals surface area contributed by atoms with Crippen LogP contribution in [0.25, 0.3) is 0 Å². The summed E-state index contributed by atoms with van der Waals surface area (Å²) >= 11 is 5.94. The van der Waals surface area contributed by atoms with Crippen molar-refractivity contribution in [1.82, 2.24) is 0 Å². The van der Waals surface area contributed by atoms with Gasteiger partial charge in [-0.25, -0.2) is 4.39 Å². The molecular formula is C20H21ClFN3O2. The van der Waals surface area contributed by atoms with Gasteiger partial charge in [-0.1, -0.05) is 11.6 Å². The Bertz CT molecular complexity index is 888. The van der Waals surface area contributed by atoms with Gasteiger partial charge in [-0.2, -0.15) is 0 Å². The van der Waals surface area contributed by atoms with Crippen LogP contribution in [0.4, 0.5) is 21.5 Å². The zero-order valence-electron chi connectivity index (χ0n) is 15.2. The molecule has 0 radical (unpaired) electrons. The maximum Gasteiger partial charge on any atom is 0.246 e. The molecule has 0 spiro atoms.